The predicted molar refractivity (Wildman–Crippen MR) is 108 cm³/mol. The molecule has 1 aliphatic heterocycles. The lowest BCUT2D eigenvalue weighted by Crippen LogP contribution is -2.54. The Hall–Kier alpha value is -2.11. The van der Waals surface area contributed by atoms with Crippen LogP contribution < -0.4 is 5.32 Å². The Kier molecular flexibility index (Phi) is 8.35. The fourth-order valence-corrected chi connectivity index (χ4v) is 3.83. The Morgan fingerprint density at radius 2 is 1.84 bits per heavy atom. The minimum Gasteiger partial charge on any atom is -0.508 e. The molecule has 1 amide bonds. The van der Waals surface area contributed by atoms with Crippen molar-refractivity contribution in [1.82, 2.24) is 5.32 Å². The number of carbonyl (C=O) groups is 1. The molecule has 0 spiro atoms. The van der Waals surface area contributed by atoms with Gasteiger partial charge in [-0.3, -0.25) is 13.9 Å². The molecule has 1 fully saturated rings. The average Bonchev–Trinajstić information content (AvgIpc) is 2.65. The van der Waals surface area contributed by atoms with E-state index in [-0.39, 0.29) is 12.1 Å². The minimum atomic E-state index is -5.04. The van der Waals surface area contributed by atoms with E-state index in [0.717, 1.165) is 6.08 Å². The van der Waals surface area contributed by atoms with E-state index in [4.69, 9.17) is 13.8 Å². The zero-order valence-corrected chi connectivity index (χ0v) is 18.2. The molecule has 1 aromatic carbocycles. The lowest BCUT2D eigenvalue weighted by Gasteiger charge is -2.40. The van der Waals surface area contributed by atoms with Gasteiger partial charge in [-0.05, 0) is 24.6 Å². The maximum Gasteiger partial charge on any atom is 0.397 e. The van der Waals surface area contributed by atoms with Gasteiger partial charge < -0.3 is 25.4 Å². The average molecular weight is 498 g/mol. The van der Waals surface area contributed by atoms with Crippen LogP contribution in [0.3, 0.4) is 0 Å². The van der Waals surface area contributed by atoms with Gasteiger partial charge in [-0.15, -0.1) is 0 Å². The molecule has 6 N–H and O–H groups in total. The number of hydrogen-bond acceptors (Lipinski definition) is 10. The maximum atomic E-state index is 11.7. The van der Waals surface area contributed by atoms with Gasteiger partial charge in [0.15, 0.2) is 0 Å². The third-order valence-electron chi connectivity index (χ3n) is 4.51. The standard InChI is InChI=1S/C17H23NO12S2/c1-9-14(21)15(22)17(30-32(26,27)28)16(29-9)11-4-2-10(8-12(11)19)3-5-13(20)18-6-7-31(23,24)25/h2-5,8-9,14-17,19,21-22H,6-7H2,1H3,(H,18,20)(H,23,24,25)(H,26,27,28)/b5-3+/t9-,14+,15+,16+,17-/m0/s1. The van der Waals surface area contributed by atoms with Crippen molar-refractivity contribution < 1.29 is 55.0 Å². The molecule has 32 heavy (non-hydrogen) atoms. The maximum absolute atomic E-state index is 11.7. The smallest absolute Gasteiger partial charge is 0.397 e. The van der Waals surface area contributed by atoms with Crippen LogP contribution in [0, 0.1) is 0 Å². The van der Waals surface area contributed by atoms with Gasteiger partial charge in [-0.25, -0.2) is 4.18 Å². The quantitative estimate of drug-likeness (QED) is 0.184. The molecular weight excluding hydrogens is 474 g/mol. The Morgan fingerprint density at radius 1 is 1.19 bits per heavy atom. The largest absolute Gasteiger partial charge is 0.508 e. The summed E-state index contributed by atoms with van der Waals surface area (Å²) in [6.45, 7) is 1.09. The van der Waals surface area contributed by atoms with Crippen molar-refractivity contribution in [3.63, 3.8) is 0 Å². The molecule has 180 valence electrons. The first-order chi connectivity index (χ1) is 14.7. The van der Waals surface area contributed by atoms with Crippen LogP contribution in [0.1, 0.15) is 24.2 Å². The van der Waals surface area contributed by atoms with Gasteiger partial charge in [0.25, 0.3) is 10.1 Å². The third-order valence-corrected chi connectivity index (χ3v) is 5.69. The molecule has 1 aliphatic rings. The van der Waals surface area contributed by atoms with Crippen molar-refractivity contribution in [2.45, 2.75) is 37.4 Å². The van der Waals surface area contributed by atoms with Crippen LogP contribution >= 0.6 is 0 Å². The molecule has 5 atom stereocenters. The topological polar surface area (TPSA) is 217 Å². The van der Waals surface area contributed by atoms with Crippen LogP contribution in [0.4, 0.5) is 0 Å². The number of rotatable bonds is 8. The summed E-state index contributed by atoms with van der Waals surface area (Å²) in [6.07, 6.45) is -5.09. The highest BCUT2D eigenvalue weighted by Crippen LogP contribution is 2.39. The molecule has 2 rings (SSSR count). The van der Waals surface area contributed by atoms with Gasteiger partial charge in [0, 0.05) is 18.2 Å². The fourth-order valence-electron chi connectivity index (χ4n) is 2.98. The number of phenolic OH excluding ortho intramolecular Hbond substituents is 1. The molecule has 0 unspecified atom stereocenters. The van der Waals surface area contributed by atoms with Gasteiger partial charge in [-0.2, -0.15) is 16.8 Å². The monoisotopic (exact) mass is 497 g/mol. The molecule has 13 nitrogen and oxygen atoms in total. The predicted octanol–water partition coefficient (Wildman–Crippen LogP) is -1.22. The van der Waals surface area contributed by atoms with Crippen molar-refractivity contribution in [2.75, 3.05) is 12.3 Å². The number of carbonyl (C=O) groups excluding carboxylic acids is 1. The van der Waals surface area contributed by atoms with E-state index < -0.39 is 68.4 Å². The molecule has 0 radical (unpaired) electrons. The van der Waals surface area contributed by atoms with Gasteiger partial charge in [0.2, 0.25) is 5.91 Å². The first-order valence-corrected chi connectivity index (χ1v) is 12.1. The minimum absolute atomic E-state index is 0.0220. The van der Waals surface area contributed by atoms with Crippen molar-refractivity contribution in [1.29, 1.82) is 0 Å². The number of nitrogens with one attached hydrogen (secondary N) is 1. The lowest BCUT2D eigenvalue weighted by molar-refractivity contribution is -0.213. The molecule has 15 heteroatoms. The summed E-state index contributed by atoms with van der Waals surface area (Å²) in [7, 11) is -9.25. The van der Waals surface area contributed by atoms with Crippen molar-refractivity contribution in [3.8, 4) is 5.75 Å². The zero-order chi connectivity index (χ0) is 24.3. The van der Waals surface area contributed by atoms with E-state index in [9.17, 15) is 36.9 Å². The summed E-state index contributed by atoms with van der Waals surface area (Å²) in [5, 5.41) is 32.7. The first kappa shape index (κ1) is 26.1. The Balaban J connectivity index is 2.19. The van der Waals surface area contributed by atoms with Crippen LogP contribution in [0.15, 0.2) is 24.3 Å². The van der Waals surface area contributed by atoms with Crippen LogP contribution in [0.25, 0.3) is 6.08 Å². The van der Waals surface area contributed by atoms with Crippen LogP contribution in [0.2, 0.25) is 0 Å². The molecule has 0 saturated carbocycles. The summed E-state index contributed by atoms with van der Waals surface area (Å²) in [4.78, 5) is 11.7. The number of benzene rings is 1. The van der Waals surface area contributed by atoms with E-state index in [0.29, 0.717) is 5.56 Å². The summed E-state index contributed by atoms with van der Waals surface area (Å²) in [5.74, 6) is -1.75. The molecule has 0 bridgehead atoms. The Morgan fingerprint density at radius 3 is 2.41 bits per heavy atom. The number of aliphatic hydroxyl groups is 2. The van der Waals surface area contributed by atoms with Crippen molar-refractivity contribution in [3.05, 3.63) is 35.4 Å². The first-order valence-electron chi connectivity index (χ1n) is 9.09. The molecule has 0 aliphatic carbocycles. The normalized spacial score (nSPS) is 26.8. The van der Waals surface area contributed by atoms with E-state index in [1.165, 1.54) is 31.2 Å². The molecule has 1 aromatic rings. The van der Waals surface area contributed by atoms with Gasteiger partial charge in [0.1, 0.15) is 30.2 Å². The molecule has 0 aromatic heterocycles. The number of amides is 1. The van der Waals surface area contributed by atoms with Gasteiger partial charge in [-0.1, -0.05) is 12.1 Å². The Bertz CT molecular complexity index is 1070. The van der Waals surface area contributed by atoms with Gasteiger partial charge in [0.05, 0.1) is 11.9 Å². The summed E-state index contributed by atoms with van der Waals surface area (Å²) in [5.41, 5.74) is 0.291. The summed E-state index contributed by atoms with van der Waals surface area (Å²) >= 11 is 0. The third kappa shape index (κ3) is 7.49. The SMILES string of the molecule is C[C@@H]1O[C@H](c2ccc(/C=C/C(=O)NCCS(=O)(=O)O)cc2O)[C@@H](OS(=O)(=O)O)[C@H](O)[C@@H]1O. The highest BCUT2D eigenvalue weighted by atomic mass is 32.3. The van der Waals surface area contributed by atoms with E-state index in [1.807, 2.05) is 0 Å². The van der Waals surface area contributed by atoms with E-state index in [1.54, 1.807) is 0 Å². The van der Waals surface area contributed by atoms with Crippen molar-refractivity contribution in [2.24, 2.45) is 0 Å². The second-order valence-corrected chi connectivity index (χ2v) is 9.58. The number of ether oxygens (including phenoxy) is 1. The van der Waals surface area contributed by atoms with Gasteiger partial charge >= 0.3 is 10.4 Å². The van der Waals surface area contributed by atoms with Crippen LogP contribution in [-0.4, -0.2) is 83.9 Å². The number of aromatic hydroxyl groups is 1. The second kappa shape index (κ2) is 10.2. The summed E-state index contributed by atoms with van der Waals surface area (Å²) in [6, 6.07) is 3.90. The number of aliphatic hydroxyl groups excluding tert-OH is 2. The zero-order valence-electron chi connectivity index (χ0n) is 16.6. The fraction of sp³-hybridized carbons (Fsp3) is 0.471. The number of hydrogen-bond donors (Lipinski definition) is 6. The van der Waals surface area contributed by atoms with Crippen LogP contribution in [0.5, 0.6) is 5.75 Å². The lowest BCUT2D eigenvalue weighted by atomic mass is 9.91. The molecule has 1 heterocycles. The number of phenols is 1. The Labute approximate surface area is 184 Å². The summed E-state index contributed by atoms with van der Waals surface area (Å²) < 4.78 is 71.1. The highest BCUT2D eigenvalue weighted by Gasteiger charge is 2.46. The second-order valence-electron chi connectivity index (χ2n) is 6.96. The highest BCUT2D eigenvalue weighted by molar-refractivity contribution is 7.85. The van der Waals surface area contributed by atoms with Crippen LogP contribution in [-0.2, 0) is 34.2 Å². The van der Waals surface area contributed by atoms with Crippen molar-refractivity contribution >= 4 is 32.5 Å². The van der Waals surface area contributed by atoms with E-state index >= 15 is 0 Å². The molecule has 1 saturated heterocycles. The molecular formula is C17H23NO12S2. The van der Waals surface area contributed by atoms with E-state index in [2.05, 4.69) is 9.50 Å².